The van der Waals surface area contributed by atoms with Gasteiger partial charge in [-0.2, -0.15) is 0 Å². The Kier molecular flexibility index (Phi) is 3.06. The molecule has 0 saturated heterocycles. The van der Waals surface area contributed by atoms with E-state index in [0.29, 0.717) is 0 Å². The average molecular weight is 279 g/mol. The molecule has 0 bridgehead atoms. The first kappa shape index (κ1) is 11.3. The second kappa shape index (κ2) is 4.34. The van der Waals surface area contributed by atoms with Crippen molar-refractivity contribution in [3.05, 3.63) is 34.8 Å². The molecule has 0 aliphatic rings. The van der Waals surface area contributed by atoms with Gasteiger partial charge in [-0.1, -0.05) is 28.1 Å². The third-order valence-electron chi connectivity index (χ3n) is 2.72. The van der Waals surface area contributed by atoms with Gasteiger partial charge >= 0.3 is 0 Å². The fourth-order valence-electron chi connectivity index (χ4n) is 1.93. The smallest absolute Gasteiger partial charge is 0.0462 e. The maximum Gasteiger partial charge on any atom is 0.0462 e. The van der Waals surface area contributed by atoms with Crippen LogP contribution in [-0.2, 0) is 0 Å². The van der Waals surface area contributed by atoms with Crippen LogP contribution in [0, 0.1) is 0 Å². The molecule has 0 saturated carbocycles. The summed E-state index contributed by atoms with van der Waals surface area (Å²) in [5, 5.41) is 5.73. The van der Waals surface area contributed by atoms with Crippen LogP contribution in [0.1, 0.15) is 0 Å². The van der Waals surface area contributed by atoms with Crippen LogP contribution in [0.15, 0.2) is 34.8 Å². The molecule has 16 heavy (non-hydrogen) atoms. The number of hydrogen-bond donors (Lipinski definition) is 1. The first-order chi connectivity index (χ1) is 7.65. The van der Waals surface area contributed by atoms with Crippen molar-refractivity contribution in [1.29, 1.82) is 0 Å². The Morgan fingerprint density at radius 1 is 1.12 bits per heavy atom. The zero-order valence-electron chi connectivity index (χ0n) is 9.71. The minimum Gasteiger partial charge on any atom is -0.388 e. The van der Waals surface area contributed by atoms with Crippen LogP contribution in [0.4, 0.5) is 11.4 Å². The van der Waals surface area contributed by atoms with Gasteiger partial charge in [0.2, 0.25) is 0 Å². The van der Waals surface area contributed by atoms with E-state index in [2.05, 4.69) is 70.6 Å². The quantitative estimate of drug-likeness (QED) is 0.901. The summed E-state index contributed by atoms with van der Waals surface area (Å²) in [6, 6.07) is 10.5. The Morgan fingerprint density at radius 2 is 1.88 bits per heavy atom. The highest BCUT2D eigenvalue weighted by atomic mass is 79.9. The van der Waals surface area contributed by atoms with E-state index in [-0.39, 0.29) is 0 Å². The zero-order valence-corrected chi connectivity index (χ0v) is 11.3. The van der Waals surface area contributed by atoms with Crippen molar-refractivity contribution < 1.29 is 0 Å². The van der Waals surface area contributed by atoms with Crippen LogP contribution in [0.3, 0.4) is 0 Å². The van der Waals surface area contributed by atoms with E-state index in [0.717, 1.165) is 10.2 Å². The average Bonchev–Trinajstić information content (AvgIpc) is 2.28. The monoisotopic (exact) mass is 278 g/mol. The molecule has 0 spiro atoms. The molecule has 2 aromatic carbocycles. The van der Waals surface area contributed by atoms with Crippen LogP contribution in [0.25, 0.3) is 10.8 Å². The summed E-state index contributed by atoms with van der Waals surface area (Å²) in [6.45, 7) is 0. The zero-order chi connectivity index (χ0) is 11.7. The van der Waals surface area contributed by atoms with Crippen molar-refractivity contribution in [3.8, 4) is 0 Å². The number of fused-ring (bicyclic) bond motifs is 1. The van der Waals surface area contributed by atoms with E-state index in [4.69, 9.17) is 0 Å². The van der Waals surface area contributed by atoms with Crippen molar-refractivity contribution >= 4 is 38.1 Å². The predicted molar refractivity (Wildman–Crippen MR) is 75.5 cm³/mol. The van der Waals surface area contributed by atoms with Gasteiger partial charge in [-0.15, -0.1) is 0 Å². The van der Waals surface area contributed by atoms with Gasteiger partial charge in [0.05, 0.1) is 0 Å². The fourth-order valence-corrected chi connectivity index (χ4v) is 2.40. The number of rotatable bonds is 2. The van der Waals surface area contributed by atoms with Crippen LogP contribution in [0.5, 0.6) is 0 Å². The molecule has 0 atom stereocenters. The van der Waals surface area contributed by atoms with E-state index in [1.54, 1.807) is 0 Å². The highest BCUT2D eigenvalue weighted by molar-refractivity contribution is 9.10. The van der Waals surface area contributed by atoms with Gasteiger partial charge in [-0.3, -0.25) is 0 Å². The van der Waals surface area contributed by atoms with E-state index in [1.165, 1.54) is 16.5 Å². The normalized spacial score (nSPS) is 10.5. The largest absolute Gasteiger partial charge is 0.388 e. The maximum absolute atomic E-state index is 3.60. The van der Waals surface area contributed by atoms with Gasteiger partial charge in [0.15, 0.2) is 0 Å². The summed E-state index contributed by atoms with van der Waals surface area (Å²) >= 11 is 3.60. The molecular weight excluding hydrogens is 264 g/mol. The number of halogens is 1. The van der Waals surface area contributed by atoms with E-state index >= 15 is 0 Å². The molecule has 0 aliphatic heterocycles. The van der Waals surface area contributed by atoms with E-state index in [1.807, 2.05) is 7.05 Å². The number of nitrogens with one attached hydrogen (secondary N) is 1. The highest BCUT2D eigenvalue weighted by Gasteiger charge is 2.09. The Morgan fingerprint density at radius 3 is 2.50 bits per heavy atom. The molecule has 0 aliphatic carbocycles. The van der Waals surface area contributed by atoms with E-state index in [9.17, 15) is 0 Å². The van der Waals surface area contributed by atoms with E-state index < -0.39 is 0 Å². The molecule has 2 aromatic rings. The van der Waals surface area contributed by atoms with Gasteiger partial charge < -0.3 is 10.2 Å². The van der Waals surface area contributed by atoms with Crippen LogP contribution in [-0.4, -0.2) is 21.1 Å². The lowest BCUT2D eigenvalue weighted by atomic mass is 10.1. The Hall–Kier alpha value is -1.22. The van der Waals surface area contributed by atoms with Crippen molar-refractivity contribution in [1.82, 2.24) is 0 Å². The summed E-state index contributed by atoms with van der Waals surface area (Å²) in [5.74, 6) is 0. The summed E-state index contributed by atoms with van der Waals surface area (Å²) < 4.78 is 1.13. The minimum atomic E-state index is 1.13. The molecule has 1 N–H and O–H groups in total. The standard InChI is InChI=1S/C13H15BrN2/c1-15-11-6-4-5-9-10(14)7-8-12(13(9)11)16(2)3/h4-8,15H,1-3H3. The highest BCUT2D eigenvalue weighted by Crippen LogP contribution is 2.36. The first-order valence-electron chi connectivity index (χ1n) is 5.21. The molecule has 0 unspecified atom stereocenters. The van der Waals surface area contributed by atoms with Crippen molar-refractivity contribution in [2.75, 3.05) is 31.4 Å². The number of benzene rings is 2. The third kappa shape index (κ3) is 1.76. The van der Waals surface area contributed by atoms with Gasteiger partial charge in [0.25, 0.3) is 0 Å². The van der Waals surface area contributed by atoms with Crippen LogP contribution in [0.2, 0.25) is 0 Å². The Bertz CT molecular complexity index is 521. The fraction of sp³-hybridized carbons (Fsp3) is 0.231. The van der Waals surface area contributed by atoms with Crippen molar-refractivity contribution in [3.63, 3.8) is 0 Å². The van der Waals surface area contributed by atoms with Gasteiger partial charge in [-0.25, -0.2) is 0 Å². The molecule has 0 amide bonds. The molecule has 0 aromatic heterocycles. The van der Waals surface area contributed by atoms with Gasteiger partial charge in [0.1, 0.15) is 0 Å². The lowest BCUT2D eigenvalue weighted by Gasteiger charge is -2.18. The SMILES string of the molecule is CNc1cccc2c(Br)ccc(N(C)C)c12. The van der Waals surface area contributed by atoms with Crippen molar-refractivity contribution in [2.24, 2.45) is 0 Å². The number of hydrogen-bond acceptors (Lipinski definition) is 2. The number of anilines is 2. The maximum atomic E-state index is 3.60. The summed E-state index contributed by atoms with van der Waals surface area (Å²) in [7, 11) is 6.08. The van der Waals surface area contributed by atoms with Crippen LogP contribution >= 0.6 is 15.9 Å². The number of nitrogens with zero attached hydrogens (tertiary/aromatic N) is 1. The Balaban J connectivity index is 2.88. The lowest BCUT2D eigenvalue weighted by molar-refractivity contribution is 1.14. The summed E-state index contributed by atoms with van der Waals surface area (Å²) in [5.41, 5.74) is 2.38. The molecule has 2 rings (SSSR count). The third-order valence-corrected chi connectivity index (χ3v) is 3.41. The Labute approximate surface area is 104 Å². The summed E-state index contributed by atoms with van der Waals surface area (Å²) in [4.78, 5) is 2.13. The predicted octanol–water partition coefficient (Wildman–Crippen LogP) is 3.71. The molecule has 0 radical (unpaired) electrons. The molecule has 0 fully saturated rings. The van der Waals surface area contributed by atoms with Crippen LogP contribution < -0.4 is 10.2 Å². The topological polar surface area (TPSA) is 15.3 Å². The molecule has 2 nitrogen and oxygen atoms in total. The second-order valence-corrected chi connectivity index (χ2v) is 4.79. The van der Waals surface area contributed by atoms with Crippen molar-refractivity contribution in [2.45, 2.75) is 0 Å². The lowest BCUT2D eigenvalue weighted by Crippen LogP contribution is -2.09. The minimum absolute atomic E-state index is 1.13. The second-order valence-electron chi connectivity index (χ2n) is 3.94. The molecular formula is C13H15BrN2. The molecule has 84 valence electrons. The first-order valence-corrected chi connectivity index (χ1v) is 6.00. The van der Waals surface area contributed by atoms with Gasteiger partial charge in [-0.05, 0) is 18.2 Å². The van der Waals surface area contributed by atoms with Gasteiger partial charge in [0, 0.05) is 47.8 Å². The molecule has 0 heterocycles. The molecule has 3 heteroatoms. The summed E-state index contributed by atoms with van der Waals surface area (Å²) in [6.07, 6.45) is 0.